The van der Waals surface area contributed by atoms with Crippen molar-refractivity contribution in [3.8, 4) is 5.75 Å². The number of nitrogens with zero attached hydrogens (tertiary/aromatic N) is 1. The van der Waals surface area contributed by atoms with Crippen LogP contribution in [0, 0.1) is 5.82 Å². The Bertz CT molecular complexity index is 484. The Kier molecular flexibility index (Phi) is 4.45. The molecule has 1 heterocycles. The number of hydrogen-bond donors (Lipinski definition) is 1. The summed E-state index contributed by atoms with van der Waals surface area (Å²) in [5.74, 6) is 0.499. The second kappa shape index (κ2) is 6.32. The molecule has 0 bridgehead atoms. The van der Waals surface area contributed by atoms with E-state index in [2.05, 4.69) is 17.1 Å². The first-order chi connectivity index (χ1) is 10.2. The summed E-state index contributed by atoms with van der Waals surface area (Å²) in [6.07, 6.45) is 4.94. The first-order valence-electron chi connectivity index (χ1n) is 8.02. The van der Waals surface area contributed by atoms with Crippen LogP contribution in [-0.2, 0) is 0 Å². The predicted molar refractivity (Wildman–Crippen MR) is 82.1 cm³/mol. The molecule has 2 atom stereocenters. The third-order valence-electron chi connectivity index (χ3n) is 4.76. The van der Waals surface area contributed by atoms with E-state index >= 15 is 0 Å². The fourth-order valence-corrected chi connectivity index (χ4v) is 3.46. The Morgan fingerprint density at radius 3 is 2.81 bits per heavy atom. The van der Waals surface area contributed by atoms with Crippen molar-refractivity contribution in [2.24, 2.45) is 0 Å². The lowest BCUT2D eigenvalue weighted by molar-refractivity contribution is 0.176. The molecule has 1 aromatic rings. The van der Waals surface area contributed by atoms with Crippen molar-refractivity contribution < 1.29 is 9.13 Å². The Labute approximate surface area is 126 Å². The van der Waals surface area contributed by atoms with Gasteiger partial charge in [-0.05, 0) is 51.3 Å². The zero-order valence-electron chi connectivity index (χ0n) is 12.9. The lowest BCUT2D eigenvalue weighted by Crippen LogP contribution is -2.40. The lowest BCUT2D eigenvalue weighted by Gasteiger charge is -2.32. The summed E-state index contributed by atoms with van der Waals surface area (Å²) in [5.41, 5.74) is 0.699. The maximum absolute atomic E-state index is 14.3. The second-order valence-electron chi connectivity index (χ2n) is 6.25. The monoisotopic (exact) mass is 292 g/mol. The molecule has 0 radical (unpaired) electrons. The molecule has 1 saturated carbocycles. The van der Waals surface area contributed by atoms with Crippen LogP contribution in [0.2, 0.25) is 0 Å². The molecule has 3 nitrogen and oxygen atoms in total. The van der Waals surface area contributed by atoms with Gasteiger partial charge < -0.3 is 10.1 Å². The highest BCUT2D eigenvalue weighted by Gasteiger charge is 2.36. The fourth-order valence-electron chi connectivity index (χ4n) is 3.46. The van der Waals surface area contributed by atoms with Crippen molar-refractivity contribution in [3.05, 3.63) is 29.6 Å². The normalized spacial score (nSPS) is 23.5. The van der Waals surface area contributed by atoms with Crippen LogP contribution in [0.4, 0.5) is 4.39 Å². The van der Waals surface area contributed by atoms with E-state index in [1.54, 1.807) is 13.2 Å². The van der Waals surface area contributed by atoms with Gasteiger partial charge in [-0.3, -0.25) is 4.90 Å². The average Bonchev–Trinajstić information content (AvgIpc) is 3.20. The van der Waals surface area contributed by atoms with Crippen molar-refractivity contribution in [1.82, 2.24) is 10.2 Å². The van der Waals surface area contributed by atoms with Gasteiger partial charge in [-0.15, -0.1) is 0 Å². The van der Waals surface area contributed by atoms with Crippen molar-refractivity contribution in [2.75, 3.05) is 20.2 Å². The van der Waals surface area contributed by atoms with E-state index < -0.39 is 0 Å². The Balaban J connectivity index is 1.81. The van der Waals surface area contributed by atoms with Gasteiger partial charge in [0.15, 0.2) is 0 Å². The quantitative estimate of drug-likeness (QED) is 0.872. The molecular formula is C17H25FN2O. The molecule has 1 aliphatic heterocycles. The highest BCUT2D eigenvalue weighted by molar-refractivity contribution is 5.37. The summed E-state index contributed by atoms with van der Waals surface area (Å²) in [6, 6.07) is 6.31. The summed E-state index contributed by atoms with van der Waals surface area (Å²) in [6.45, 7) is 4.22. The van der Waals surface area contributed by atoms with E-state index in [-0.39, 0.29) is 11.9 Å². The number of hydrogen-bond acceptors (Lipinski definition) is 3. The SMILES string of the molecule is COc1cccc(F)c1C(C)N(CC1CCCN1)C1CC1. The summed E-state index contributed by atoms with van der Waals surface area (Å²) in [7, 11) is 1.62. The average molecular weight is 292 g/mol. The molecule has 0 aromatic heterocycles. The molecule has 3 rings (SSSR count). The molecule has 2 aliphatic rings. The molecule has 0 amide bonds. The zero-order chi connectivity index (χ0) is 14.8. The zero-order valence-corrected chi connectivity index (χ0v) is 12.9. The minimum Gasteiger partial charge on any atom is -0.496 e. The minimum absolute atomic E-state index is 0.0519. The van der Waals surface area contributed by atoms with E-state index in [1.165, 1.54) is 31.7 Å². The molecule has 21 heavy (non-hydrogen) atoms. The van der Waals surface area contributed by atoms with Crippen LogP contribution in [0.15, 0.2) is 18.2 Å². The van der Waals surface area contributed by atoms with Gasteiger partial charge in [-0.25, -0.2) is 4.39 Å². The number of halogens is 1. The maximum Gasteiger partial charge on any atom is 0.131 e. The molecule has 1 saturated heterocycles. The van der Waals surface area contributed by atoms with Gasteiger partial charge in [0.25, 0.3) is 0 Å². The van der Waals surface area contributed by atoms with Gasteiger partial charge in [0.1, 0.15) is 11.6 Å². The number of benzene rings is 1. The highest BCUT2D eigenvalue weighted by atomic mass is 19.1. The molecular weight excluding hydrogens is 267 g/mol. The summed E-state index contributed by atoms with van der Waals surface area (Å²) < 4.78 is 19.7. The van der Waals surface area contributed by atoms with E-state index in [4.69, 9.17) is 4.74 Å². The second-order valence-corrected chi connectivity index (χ2v) is 6.25. The highest BCUT2D eigenvalue weighted by Crippen LogP contribution is 2.38. The van der Waals surface area contributed by atoms with E-state index in [0.717, 1.165) is 13.1 Å². The lowest BCUT2D eigenvalue weighted by atomic mass is 10.0. The van der Waals surface area contributed by atoms with Crippen molar-refractivity contribution >= 4 is 0 Å². The molecule has 1 aliphatic carbocycles. The van der Waals surface area contributed by atoms with Gasteiger partial charge in [0.2, 0.25) is 0 Å². The van der Waals surface area contributed by atoms with E-state index in [0.29, 0.717) is 23.4 Å². The first-order valence-corrected chi connectivity index (χ1v) is 8.02. The molecule has 1 aromatic carbocycles. The third kappa shape index (κ3) is 3.22. The van der Waals surface area contributed by atoms with Gasteiger partial charge >= 0.3 is 0 Å². The summed E-state index contributed by atoms with van der Waals surface area (Å²) in [5, 5.41) is 3.55. The number of rotatable bonds is 6. The van der Waals surface area contributed by atoms with Crippen molar-refractivity contribution in [3.63, 3.8) is 0 Å². The Morgan fingerprint density at radius 1 is 1.38 bits per heavy atom. The van der Waals surface area contributed by atoms with Gasteiger partial charge in [0.05, 0.1) is 7.11 Å². The van der Waals surface area contributed by atoms with Gasteiger partial charge in [-0.2, -0.15) is 0 Å². The molecule has 0 spiro atoms. The van der Waals surface area contributed by atoms with Crippen LogP contribution in [-0.4, -0.2) is 37.2 Å². The fraction of sp³-hybridized carbons (Fsp3) is 0.647. The molecule has 2 fully saturated rings. The van der Waals surface area contributed by atoms with Crippen molar-refractivity contribution in [2.45, 2.75) is 50.7 Å². The molecule has 4 heteroatoms. The van der Waals surface area contributed by atoms with Crippen LogP contribution in [0.1, 0.15) is 44.2 Å². The molecule has 116 valence electrons. The number of ether oxygens (including phenoxy) is 1. The third-order valence-corrected chi connectivity index (χ3v) is 4.76. The standard InChI is InChI=1S/C17H25FN2O/c1-12(17-15(18)6-3-7-16(17)21-2)20(14-8-9-14)11-13-5-4-10-19-13/h3,6-7,12-14,19H,4-5,8-11H2,1-2H3. The van der Waals surface area contributed by atoms with E-state index in [9.17, 15) is 4.39 Å². The minimum atomic E-state index is -0.160. The maximum atomic E-state index is 14.3. The number of nitrogens with one attached hydrogen (secondary N) is 1. The van der Waals surface area contributed by atoms with Gasteiger partial charge in [-0.1, -0.05) is 6.07 Å². The summed E-state index contributed by atoms with van der Waals surface area (Å²) in [4.78, 5) is 2.46. The Hall–Kier alpha value is -1.13. The van der Waals surface area contributed by atoms with Gasteiger partial charge in [0, 0.05) is 30.2 Å². The molecule has 1 N–H and O–H groups in total. The predicted octanol–water partition coefficient (Wildman–Crippen LogP) is 3.11. The number of methoxy groups -OCH3 is 1. The topological polar surface area (TPSA) is 24.5 Å². The van der Waals surface area contributed by atoms with E-state index in [1.807, 2.05) is 6.07 Å². The summed E-state index contributed by atoms with van der Waals surface area (Å²) >= 11 is 0. The van der Waals surface area contributed by atoms with Crippen LogP contribution < -0.4 is 10.1 Å². The van der Waals surface area contributed by atoms with Crippen LogP contribution >= 0.6 is 0 Å². The van der Waals surface area contributed by atoms with Crippen LogP contribution in [0.25, 0.3) is 0 Å². The van der Waals surface area contributed by atoms with Crippen LogP contribution in [0.5, 0.6) is 5.75 Å². The molecule has 2 unspecified atom stereocenters. The van der Waals surface area contributed by atoms with Crippen molar-refractivity contribution in [1.29, 1.82) is 0 Å². The Morgan fingerprint density at radius 2 is 2.19 bits per heavy atom. The van der Waals surface area contributed by atoms with Crippen LogP contribution in [0.3, 0.4) is 0 Å². The smallest absolute Gasteiger partial charge is 0.131 e. The first kappa shape index (κ1) is 14.8. The largest absolute Gasteiger partial charge is 0.496 e.